The second-order valence-electron chi connectivity index (χ2n) is 7.63. The highest BCUT2D eigenvalue weighted by Gasteiger charge is 2.44. The Hall–Kier alpha value is 0.270. The van der Waals surface area contributed by atoms with E-state index in [9.17, 15) is 0 Å². The fraction of sp³-hybridized carbons (Fsp3) is 1.00. The van der Waals surface area contributed by atoms with Gasteiger partial charge in [-0.15, -0.1) is 0 Å². The average molecular weight is 297 g/mol. The highest BCUT2D eigenvalue weighted by atomic mass is 32.2. The molecule has 20 heavy (non-hydrogen) atoms. The fourth-order valence-corrected chi connectivity index (χ4v) is 5.44. The Kier molecular flexibility index (Phi) is 4.69. The van der Waals surface area contributed by atoms with Gasteiger partial charge in [0.25, 0.3) is 0 Å². The first-order valence-corrected chi connectivity index (χ1v) is 9.91. The number of hydrogen-bond donors (Lipinski definition) is 1. The Morgan fingerprint density at radius 1 is 1.15 bits per heavy atom. The summed E-state index contributed by atoms with van der Waals surface area (Å²) in [6.45, 7) is 7.61. The molecule has 1 N–H and O–H groups in total. The number of nitrogens with one attached hydrogen (secondary N) is 1. The Bertz CT molecular complexity index is 323. The maximum atomic E-state index is 3.87. The molecule has 0 spiro atoms. The zero-order valence-corrected chi connectivity index (χ0v) is 14.2. The van der Waals surface area contributed by atoms with Crippen LogP contribution in [-0.2, 0) is 0 Å². The third-order valence-corrected chi connectivity index (χ3v) is 7.32. The van der Waals surface area contributed by atoms with E-state index in [0.29, 0.717) is 10.3 Å². The third-order valence-electron chi connectivity index (χ3n) is 5.92. The lowest BCUT2D eigenvalue weighted by Gasteiger charge is -2.42. The van der Waals surface area contributed by atoms with Crippen molar-refractivity contribution >= 4 is 11.8 Å². The third kappa shape index (κ3) is 3.36. The van der Waals surface area contributed by atoms with Gasteiger partial charge in [0.15, 0.2) is 0 Å². The van der Waals surface area contributed by atoms with Crippen LogP contribution < -0.4 is 5.32 Å². The van der Waals surface area contributed by atoms with Crippen LogP contribution in [0, 0.1) is 5.92 Å². The topological polar surface area (TPSA) is 15.3 Å². The number of hydrogen-bond acceptors (Lipinski definition) is 3. The average Bonchev–Trinajstić information content (AvgIpc) is 3.28. The van der Waals surface area contributed by atoms with Gasteiger partial charge in [0.2, 0.25) is 0 Å². The van der Waals surface area contributed by atoms with E-state index in [2.05, 4.69) is 35.2 Å². The predicted molar refractivity (Wildman–Crippen MR) is 89.5 cm³/mol. The highest BCUT2D eigenvalue weighted by Crippen LogP contribution is 2.43. The van der Waals surface area contributed by atoms with Crippen molar-refractivity contribution in [3.05, 3.63) is 0 Å². The summed E-state index contributed by atoms with van der Waals surface area (Å²) in [7, 11) is 0. The van der Waals surface area contributed by atoms with Gasteiger partial charge < -0.3 is 10.2 Å². The van der Waals surface area contributed by atoms with Crippen LogP contribution in [0.1, 0.15) is 58.3 Å². The first-order chi connectivity index (χ1) is 9.66. The molecule has 0 amide bonds. The summed E-state index contributed by atoms with van der Waals surface area (Å²) >= 11 is 2.16. The summed E-state index contributed by atoms with van der Waals surface area (Å²) in [5.74, 6) is 0.944. The first-order valence-electron chi connectivity index (χ1n) is 8.68. The maximum absolute atomic E-state index is 3.87. The lowest BCUT2D eigenvalue weighted by molar-refractivity contribution is 0.174. The predicted octanol–water partition coefficient (Wildman–Crippen LogP) is 3.52. The van der Waals surface area contributed by atoms with Gasteiger partial charge in [0.1, 0.15) is 0 Å². The minimum absolute atomic E-state index is 0.394. The Morgan fingerprint density at radius 2 is 1.90 bits per heavy atom. The van der Waals surface area contributed by atoms with Gasteiger partial charge in [-0.05, 0) is 64.3 Å². The molecule has 2 nitrogen and oxygen atoms in total. The molecule has 2 aliphatic carbocycles. The lowest BCUT2D eigenvalue weighted by atomic mass is 9.87. The minimum Gasteiger partial charge on any atom is -0.310 e. The fourth-order valence-electron chi connectivity index (χ4n) is 4.44. The van der Waals surface area contributed by atoms with Crippen molar-refractivity contribution in [2.75, 3.05) is 32.4 Å². The van der Waals surface area contributed by atoms with Crippen LogP contribution in [-0.4, -0.2) is 47.6 Å². The zero-order valence-electron chi connectivity index (χ0n) is 13.4. The molecule has 3 rings (SSSR count). The van der Waals surface area contributed by atoms with Crippen molar-refractivity contribution in [3.8, 4) is 0 Å². The number of nitrogens with zero attached hydrogens (tertiary/aromatic N) is 1. The summed E-state index contributed by atoms with van der Waals surface area (Å²) in [5.41, 5.74) is 0.394. The van der Waals surface area contributed by atoms with Gasteiger partial charge in [-0.1, -0.05) is 19.3 Å². The molecule has 0 aromatic carbocycles. The standard InChI is InChI=1S/C17H32N2S/c1-16(15-7-8-15)13-19(12-6-11-18-16)14-17(20-2)9-4-3-5-10-17/h15,18H,3-14H2,1-2H3. The van der Waals surface area contributed by atoms with Crippen molar-refractivity contribution in [1.29, 1.82) is 0 Å². The molecule has 1 unspecified atom stereocenters. The Morgan fingerprint density at radius 3 is 2.55 bits per heavy atom. The number of rotatable bonds is 4. The van der Waals surface area contributed by atoms with Crippen molar-refractivity contribution in [1.82, 2.24) is 10.2 Å². The van der Waals surface area contributed by atoms with Crippen LogP contribution in [0.25, 0.3) is 0 Å². The van der Waals surface area contributed by atoms with E-state index in [1.165, 1.54) is 77.5 Å². The van der Waals surface area contributed by atoms with Gasteiger partial charge >= 0.3 is 0 Å². The van der Waals surface area contributed by atoms with Crippen LogP contribution in [0.15, 0.2) is 0 Å². The molecule has 1 saturated heterocycles. The van der Waals surface area contributed by atoms with Crippen molar-refractivity contribution < 1.29 is 0 Å². The summed E-state index contributed by atoms with van der Waals surface area (Å²) < 4.78 is 0.563. The quantitative estimate of drug-likeness (QED) is 0.854. The molecule has 2 saturated carbocycles. The maximum Gasteiger partial charge on any atom is 0.0308 e. The molecular weight excluding hydrogens is 264 g/mol. The zero-order chi connectivity index (χ0) is 14.1. The van der Waals surface area contributed by atoms with Crippen LogP contribution in [0.2, 0.25) is 0 Å². The molecule has 0 aromatic heterocycles. The van der Waals surface area contributed by atoms with E-state index in [0.717, 1.165) is 5.92 Å². The molecule has 3 heteroatoms. The molecule has 0 aromatic rings. The molecule has 1 aliphatic heterocycles. The van der Waals surface area contributed by atoms with E-state index in [1.807, 2.05) is 0 Å². The van der Waals surface area contributed by atoms with E-state index < -0.39 is 0 Å². The molecule has 3 aliphatic rings. The van der Waals surface area contributed by atoms with Gasteiger partial charge in [-0.25, -0.2) is 0 Å². The Balaban J connectivity index is 1.65. The largest absolute Gasteiger partial charge is 0.310 e. The van der Waals surface area contributed by atoms with Crippen molar-refractivity contribution in [3.63, 3.8) is 0 Å². The summed E-state index contributed by atoms with van der Waals surface area (Å²) in [6.07, 6.45) is 13.8. The monoisotopic (exact) mass is 296 g/mol. The lowest BCUT2D eigenvalue weighted by Crippen LogP contribution is -2.53. The molecule has 0 bridgehead atoms. The second-order valence-corrected chi connectivity index (χ2v) is 8.90. The Labute approximate surface area is 129 Å². The minimum atomic E-state index is 0.394. The van der Waals surface area contributed by atoms with Crippen LogP contribution in [0.5, 0.6) is 0 Å². The smallest absolute Gasteiger partial charge is 0.0308 e. The van der Waals surface area contributed by atoms with Crippen molar-refractivity contribution in [2.24, 2.45) is 5.92 Å². The second kappa shape index (κ2) is 6.18. The van der Waals surface area contributed by atoms with Gasteiger partial charge in [0.05, 0.1) is 0 Å². The van der Waals surface area contributed by atoms with Gasteiger partial charge in [0, 0.05) is 23.4 Å². The summed E-state index contributed by atoms with van der Waals surface area (Å²) in [4.78, 5) is 2.81. The van der Waals surface area contributed by atoms with Gasteiger partial charge in [-0.3, -0.25) is 0 Å². The normalized spacial score (nSPS) is 35.7. The molecule has 116 valence electrons. The number of thioether (sulfide) groups is 1. The molecule has 1 heterocycles. The molecule has 0 radical (unpaired) electrons. The molecule has 1 atom stereocenters. The van der Waals surface area contributed by atoms with E-state index >= 15 is 0 Å². The van der Waals surface area contributed by atoms with Crippen LogP contribution >= 0.6 is 11.8 Å². The van der Waals surface area contributed by atoms with Crippen LogP contribution in [0.4, 0.5) is 0 Å². The highest BCUT2D eigenvalue weighted by molar-refractivity contribution is 8.00. The van der Waals surface area contributed by atoms with Crippen molar-refractivity contribution in [2.45, 2.75) is 68.6 Å². The van der Waals surface area contributed by atoms with E-state index in [4.69, 9.17) is 0 Å². The summed E-state index contributed by atoms with van der Waals surface area (Å²) in [5, 5.41) is 3.87. The molecule has 3 fully saturated rings. The van der Waals surface area contributed by atoms with E-state index in [1.54, 1.807) is 0 Å². The van der Waals surface area contributed by atoms with E-state index in [-0.39, 0.29) is 0 Å². The SMILES string of the molecule is CSC1(CN2CCCNC(C)(C3CC3)C2)CCCCC1. The van der Waals surface area contributed by atoms with Crippen LogP contribution in [0.3, 0.4) is 0 Å². The summed E-state index contributed by atoms with van der Waals surface area (Å²) in [6, 6.07) is 0. The first kappa shape index (κ1) is 15.2. The van der Waals surface area contributed by atoms with Gasteiger partial charge in [-0.2, -0.15) is 11.8 Å². The molecular formula is C17H32N2S.